The zero-order chi connectivity index (χ0) is 27.2. The van der Waals surface area contributed by atoms with Gasteiger partial charge in [-0.05, 0) is 60.7 Å². The van der Waals surface area contributed by atoms with Gasteiger partial charge in [-0.3, -0.25) is 9.59 Å². The zero-order valence-corrected chi connectivity index (χ0v) is 21.2. The number of benzene rings is 3. The molecule has 5 rings (SSSR count). The molecule has 0 atom stereocenters. The van der Waals surface area contributed by atoms with Gasteiger partial charge >= 0.3 is 5.63 Å². The number of fused-ring (bicyclic) bond motifs is 1. The van der Waals surface area contributed by atoms with Crippen LogP contribution in [0.1, 0.15) is 21.7 Å². The van der Waals surface area contributed by atoms with Gasteiger partial charge in [0.05, 0.1) is 6.26 Å². The average molecular weight is 539 g/mol. The third kappa shape index (κ3) is 6.46. The van der Waals surface area contributed by atoms with Gasteiger partial charge in [0, 0.05) is 45.0 Å². The van der Waals surface area contributed by atoms with Crippen molar-refractivity contribution >= 4 is 46.3 Å². The molecule has 0 saturated heterocycles. The van der Waals surface area contributed by atoms with Crippen molar-refractivity contribution < 1.29 is 23.5 Å². The quantitative estimate of drug-likeness (QED) is 0.130. The highest BCUT2D eigenvalue weighted by Gasteiger charge is 2.16. The van der Waals surface area contributed by atoms with Crippen molar-refractivity contribution in [2.24, 2.45) is 0 Å². The molecular formula is C30H22N2O6S. The number of hydrogen-bond acceptors (Lipinski definition) is 7. The van der Waals surface area contributed by atoms with Crippen LogP contribution in [0.5, 0.6) is 5.75 Å². The van der Waals surface area contributed by atoms with Gasteiger partial charge in [-0.2, -0.15) is 0 Å². The van der Waals surface area contributed by atoms with Crippen LogP contribution in [0.2, 0.25) is 0 Å². The van der Waals surface area contributed by atoms with Gasteiger partial charge < -0.3 is 24.6 Å². The number of carbonyl (C=O) groups is 2. The standard InChI is InChI=1S/C30H22N2O6S/c33-23-12-11-20-14-21(30(36)38-27(20)16-23)18-39-25-10-4-8-22(15-25)31-29(35)26(17-24-9-5-13-37-24)32-28(34)19-6-2-1-3-7-19/h1-17,33H,18H2,(H,31,35)(H,32,34)/b26-17+. The molecule has 0 unspecified atom stereocenters. The van der Waals surface area contributed by atoms with Crippen LogP contribution < -0.4 is 16.3 Å². The molecule has 3 aromatic carbocycles. The number of phenolic OH excluding ortho intramolecular Hbond substituents is 1. The summed E-state index contributed by atoms with van der Waals surface area (Å²) in [7, 11) is 0. The van der Waals surface area contributed by atoms with Crippen LogP contribution in [0.15, 0.2) is 121 Å². The van der Waals surface area contributed by atoms with Crippen molar-refractivity contribution in [3.63, 3.8) is 0 Å². The van der Waals surface area contributed by atoms with E-state index in [1.54, 1.807) is 72.8 Å². The Labute approximate surface area is 227 Å². The monoisotopic (exact) mass is 538 g/mol. The second kappa shape index (κ2) is 11.6. The lowest BCUT2D eigenvalue weighted by Crippen LogP contribution is -2.30. The van der Waals surface area contributed by atoms with Crippen molar-refractivity contribution in [3.8, 4) is 5.75 Å². The van der Waals surface area contributed by atoms with Crippen LogP contribution in [-0.4, -0.2) is 16.9 Å². The highest BCUT2D eigenvalue weighted by molar-refractivity contribution is 7.98. The van der Waals surface area contributed by atoms with Crippen LogP contribution in [-0.2, 0) is 10.5 Å². The van der Waals surface area contributed by atoms with Crippen LogP contribution in [0.4, 0.5) is 5.69 Å². The molecule has 0 saturated carbocycles. The van der Waals surface area contributed by atoms with E-state index in [1.165, 1.54) is 36.2 Å². The van der Waals surface area contributed by atoms with Crippen molar-refractivity contribution in [2.75, 3.05) is 5.32 Å². The van der Waals surface area contributed by atoms with Crippen LogP contribution in [0.25, 0.3) is 17.0 Å². The minimum atomic E-state index is -0.531. The molecule has 2 heterocycles. The highest BCUT2D eigenvalue weighted by atomic mass is 32.2. The minimum Gasteiger partial charge on any atom is -0.508 e. The molecule has 0 bridgehead atoms. The Morgan fingerprint density at radius 1 is 0.923 bits per heavy atom. The third-order valence-corrected chi connectivity index (χ3v) is 6.68. The molecule has 0 aliphatic heterocycles. The van der Waals surface area contributed by atoms with E-state index in [9.17, 15) is 19.5 Å². The van der Waals surface area contributed by atoms with Gasteiger partial charge in [0.2, 0.25) is 0 Å². The number of phenols is 1. The molecule has 9 heteroatoms. The van der Waals surface area contributed by atoms with E-state index in [-0.39, 0.29) is 11.4 Å². The largest absolute Gasteiger partial charge is 0.508 e. The number of furan rings is 1. The summed E-state index contributed by atoms with van der Waals surface area (Å²) in [6, 6.07) is 25.4. The predicted molar refractivity (Wildman–Crippen MR) is 149 cm³/mol. The number of nitrogens with one attached hydrogen (secondary N) is 2. The van der Waals surface area contributed by atoms with E-state index >= 15 is 0 Å². The maximum atomic E-state index is 13.2. The van der Waals surface area contributed by atoms with Crippen molar-refractivity contribution in [1.29, 1.82) is 0 Å². The average Bonchev–Trinajstić information content (AvgIpc) is 3.45. The summed E-state index contributed by atoms with van der Waals surface area (Å²) in [5.41, 5.74) is 1.23. The fourth-order valence-corrected chi connectivity index (χ4v) is 4.63. The molecule has 8 nitrogen and oxygen atoms in total. The summed E-state index contributed by atoms with van der Waals surface area (Å²) in [6.07, 6.45) is 2.93. The van der Waals surface area contributed by atoms with Gasteiger partial charge in [-0.25, -0.2) is 4.79 Å². The van der Waals surface area contributed by atoms with E-state index in [2.05, 4.69) is 10.6 Å². The summed E-state index contributed by atoms with van der Waals surface area (Å²) in [5, 5.41) is 15.8. The molecule has 5 aromatic rings. The lowest BCUT2D eigenvalue weighted by atomic mass is 10.2. The number of anilines is 1. The maximum absolute atomic E-state index is 13.2. The van der Waals surface area contributed by atoms with Crippen molar-refractivity contribution in [3.05, 3.63) is 130 Å². The molecule has 2 aromatic heterocycles. The van der Waals surface area contributed by atoms with E-state index in [0.29, 0.717) is 39.3 Å². The number of rotatable bonds is 8. The molecular weight excluding hydrogens is 516 g/mol. The molecule has 0 aliphatic rings. The van der Waals surface area contributed by atoms with Gasteiger partial charge in [-0.15, -0.1) is 11.8 Å². The molecule has 0 radical (unpaired) electrons. The Balaban J connectivity index is 1.30. The predicted octanol–water partition coefficient (Wildman–Crippen LogP) is 5.79. The first-order chi connectivity index (χ1) is 18.9. The van der Waals surface area contributed by atoms with Crippen LogP contribution in [0, 0.1) is 0 Å². The molecule has 0 aliphatic carbocycles. The molecule has 2 amide bonds. The number of carbonyl (C=O) groups excluding carboxylic acids is 2. The molecule has 0 fully saturated rings. The number of aromatic hydroxyl groups is 1. The smallest absolute Gasteiger partial charge is 0.340 e. The first kappa shape index (κ1) is 25.6. The SMILES string of the molecule is O=C(Nc1cccc(SCc2cc3ccc(O)cc3oc2=O)c1)/C(=C\c1ccco1)NC(=O)c1ccccc1. The number of amides is 2. The maximum Gasteiger partial charge on any atom is 0.340 e. The summed E-state index contributed by atoms with van der Waals surface area (Å²) < 4.78 is 10.7. The first-order valence-electron chi connectivity index (χ1n) is 11.9. The van der Waals surface area contributed by atoms with Crippen LogP contribution >= 0.6 is 11.8 Å². The molecule has 39 heavy (non-hydrogen) atoms. The van der Waals surface area contributed by atoms with Gasteiger partial charge in [-0.1, -0.05) is 24.3 Å². The second-order valence-electron chi connectivity index (χ2n) is 8.45. The molecule has 194 valence electrons. The highest BCUT2D eigenvalue weighted by Crippen LogP contribution is 2.26. The number of hydrogen-bond donors (Lipinski definition) is 3. The summed E-state index contributed by atoms with van der Waals surface area (Å²) >= 11 is 1.40. The van der Waals surface area contributed by atoms with E-state index < -0.39 is 17.4 Å². The topological polar surface area (TPSA) is 122 Å². The lowest BCUT2D eigenvalue weighted by Gasteiger charge is -2.12. The van der Waals surface area contributed by atoms with E-state index in [4.69, 9.17) is 8.83 Å². The minimum absolute atomic E-state index is 0.0108. The summed E-state index contributed by atoms with van der Waals surface area (Å²) in [6.45, 7) is 0. The Bertz CT molecular complexity index is 1730. The third-order valence-electron chi connectivity index (χ3n) is 5.64. The summed E-state index contributed by atoms with van der Waals surface area (Å²) in [5.74, 6) is -0.197. The normalized spacial score (nSPS) is 11.3. The Morgan fingerprint density at radius 3 is 2.56 bits per heavy atom. The van der Waals surface area contributed by atoms with E-state index in [0.717, 1.165) is 4.90 Å². The fraction of sp³-hybridized carbons (Fsp3) is 0.0333. The Kier molecular flexibility index (Phi) is 7.60. The van der Waals surface area contributed by atoms with Crippen LogP contribution in [0.3, 0.4) is 0 Å². The van der Waals surface area contributed by atoms with Crippen molar-refractivity contribution in [1.82, 2.24) is 5.32 Å². The van der Waals surface area contributed by atoms with Gasteiger partial charge in [0.1, 0.15) is 22.8 Å². The van der Waals surface area contributed by atoms with Crippen molar-refractivity contribution in [2.45, 2.75) is 10.6 Å². The fourth-order valence-electron chi connectivity index (χ4n) is 3.72. The Hall–Kier alpha value is -5.02. The molecule has 0 spiro atoms. The van der Waals surface area contributed by atoms with E-state index in [1.807, 2.05) is 6.07 Å². The van der Waals surface area contributed by atoms with Gasteiger partial charge in [0.25, 0.3) is 11.8 Å². The molecule has 3 N–H and O–H groups in total. The summed E-state index contributed by atoms with van der Waals surface area (Å²) in [4.78, 5) is 39.1. The second-order valence-corrected chi connectivity index (χ2v) is 9.49. The van der Waals surface area contributed by atoms with Gasteiger partial charge in [0.15, 0.2) is 0 Å². The lowest BCUT2D eigenvalue weighted by molar-refractivity contribution is -0.113. The number of thioether (sulfide) groups is 1. The first-order valence-corrected chi connectivity index (χ1v) is 12.8. The Morgan fingerprint density at radius 2 is 1.77 bits per heavy atom. The zero-order valence-electron chi connectivity index (χ0n) is 20.4.